The molecule has 0 spiro atoms. The normalized spacial score (nSPS) is 12.4. The van der Waals surface area contributed by atoms with Crippen LogP contribution in [0.3, 0.4) is 0 Å². The van der Waals surface area contributed by atoms with Gasteiger partial charge in [0.25, 0.3) is 0 Å². The molecule has 0 saturated heterocycles. The van der Waals surface area contributed by atoms with E-state index in [0.717, 1.165) is 27.7 Å². The van der Waals surface area contributed by atoms with Crippen molar-refractivity contribution in [1.82, 2.24) is 9.55 Å². The third-order valence-corrected chi connectivity index (χ3v) is 6.59. The molecule has 7 nitrogen and oxygen atoms in total. The Bertz CT molecular complexity index is 1730. The number of benzene rings is 3. The van der Waals surface area contributed by atoms with Crippen molar-refractivity contribution in [3.63, 3.8) is 0 Å². The number of ether oxygens (including phenoxy) is 3. The van der Waals surface area contributed by atoms with Crippen LogP contribution in [0.4, 0.5) is 13.2 Å². The van der Waals surface area contributed by atoms with E-state index in [2.05, 4.69) is 4.74 Å². The van der Waals surface area contributed by atoms with Crippen LogP contribution in [0.2, 0.25) is 0 Å². The highest BCUT2D eigenvalue weighted by atomic mass is 19.4. The Labute approximate surface area is 227 Å². The maximum atomic E-state index is 13.0. The van der Waals surface area contributed by atoms with Gasteiger partial charge in [-0.15, -0.1) is 13.2 Å². The summed E-state index contributed by atoms with van der Waals surface area (Å²) in [6.07, 6.45) is -5.53. The molecule has 3 aromatic carbocycles. The number of nitrogens with zero attached hydrogens (tertiary/aromatic N) is 2. The van der Waals surface area contributed by atoms with Crippen molar-refractivity contribution < 1.29 is 37.3 Å². The summed E-state index contributed by atoms with van der Waals surface area (Å²) < 4.78 is 56.1. The lowest BCUT2D eigenvalue weighted by Gasteiger charge is -2.12. The van der Waals surface area contributed by atoms with Crippen LogP contribution in [-0.4, -0.2) is 40.2 Å². The van der Waals surface area contributed by atoms with Crippen molar-refractivity contribution >= 4 is 27.8 Å². The molecule has 10 heteroatoms. The lowest BCUT2D eigenvalue weighted by atomic mass is 10.0. The van der Waals surface area contributed by atoms with Gasteiger partial charge in [-0.2, -0.15) is 0 Å². The predicted octanol–water partition coefficient (Wildman–Crippen LogP) is 6.84. The average molecular weight is 551 g/mol. The molecule has 40 heavy (non-hydrogen) atoms. The number of aliphatic carboxylic acids is 1. The molecule has 0 fully saturated rings. The summed E-state index contributed by atoms with van der Waals surface area (Å²) >= 11 is 0. The lowest BCUT2D eigenvalue weighted by molar-refractivity contribution is -0.274. The van der Waals surface area contributed by atoms with Crippen molar-refractivity contribution in [3.05, 3.63) is 89.6 Å². The van der Waals surface area contributed by atoms with Gasteiger partial charge in [-0.3, -0.25) is 4.57 Å². The zero-order valence-corrected chi connectivity index (χ0v) is 21.8. The Balaban J connectivity index is 1.63. The predicted molar refractivity (Wildman–Crippen MR) is 144 cm³/mol. The van der Waals surface area contributed by atoms with E-state index in [1.165, 1.54) is 19.1 Å². The molecule has 0 bridgehead atoms. The highest BCUT2D eigenvalue weighted by molar-refractivity contribution is 5.89. The van der Waals surface area contributed by atoms with Crippen LogP contribution >= 0.6 is 0 Å². The molecule has 1 atom stereocenters. The van der Waals surface area contributed by atoms with E-state index in [1.54, 1.807) is 31.4 Å². The molecule has 0 amide bonds. The summed E-state index contributed by atoms with van der Waals surface area (Å²) in [5.74, 6) is 0.255. The molecule has 0 aliphatic rings. The van der Waals surface area contributed by atoms with Crippen LogP contribution in [-0.2, 0) is 11.2 Å². The first-order chi connectivity index (χ1) is 19.0. The van der Waals surface area contributed by atoms with Gasteiger partial charge >= 0.3 is 12.3 Å². The van der Waals surface area contributed by atoms with Gasteiger partial charge < -0.3 is 19.3 Å². The van der Waals surface area contributed by atoms with Gasteiger partial charge in [0, 0.05) is 16.5 Å². The summed E-state index contributed by atoms with van der Waals surface area (Å²) in [6.45, 7) is 3.31. The SMILES string of the molecule is COc1ccc2nc(-n3c(C)c(Cc4cccc(O[C@@H](C)C(=O)O)c4)c4cc(OC(F)(F)F)ccc43)ccc2c1. The first kappa shape index (κ1) is 26.9. The largest absolute Gasteiger partial charge is 0.573 e. The van der Waals surface area contributed by atoms with E-state index >= 15 is 0 Å². The molecule has 206 valence electrons. The Morgan fingerprint density at radius 1 is 1.00 bits per heavy atom. The number of rotatable bonds is 8. The Kier molecular flexibility index (Phi) is 7.01. The molecule has 2 heterocycles. The molecule has 0 radical (unpaired) electrons. The number of hydrogen-bond donors (Lipinski definition) is 1. The number of alkyl halides is 3. The molecule has 1 N–H and O–H groups in total. The van der Waals surface area contributed by atoms with Crippen LogP contribution in [0.15, 0.2) is 72.8 Å². The molecule has 5 rings (SSSR count). The monoisotopic (exact) mass is 550 g/mol. The highest BCUT2D eigenvalue weighted by Gasteiger charge is 2.31. The van der Waals surface area contributed by atoms with Gasteiger partial charge in [0.1, 0.15) is 23.1 Å². The highest BCUT2D eigenvalue weighted by Crippen LogP contribution is 2.35. The van der Waals surface area contributed by atoms with E-state index in [-0.39, 0.29) is 5.75 Å². The summed E-state index contributed by atoms with van der Waals surface area (Å²) in [6, 6.07) is 20.5. The molecular formula is C30H25F3N2O5. The molecular weight excluding hydrogens is 525 g/mol. The van der Waals surface area contributed by atoms with Crippen molar-refractivity contribution in [2.24, 2.45) is 0 Å². The third kappa shape index (κ3) is 5.51. The van der Waals surface area contributed by atoms with E-state index in [4.69, 9.17) is 14.5 Å². The van der Waals surface area contributed by atoms with Crippen molar-refractivity contribution in [2.45, 2.75) is 32.7 Å². The van der Waals surface area contributed by atoms with Gasteiger partial charge in [0.05, 0.1) is 18.1 Å². The summed E-state index contributed by atoms with van der Waals surface area (Å²) in [4.78, 5) is 16.0. The van der Waals surface area contributed by atoms with Gasteiger partial charge in [0.15, 0.2) is 6.10 Å². The fourth-order valence-corrected chi connectivity index (χ4v) is 4.71. The molecule has 2 aromatic heterocycles. The van der Waals surface area contributed by atoms with Crippen LogP contribution in [0.5, 0.6) is 17.2 Å². The first-order valence-electron chi connectivity index (χ1n) is 12.4. The van der Waals surface area contributed by atoms with Crippen molar-refractivity contribution in [2.75, 3.05) is 7.11 Å². The number of halogens is 3. The minimum Gasteiger partial charge on any atom is -0.497 e. The topological polar surface area (TPSA) is 82.8 Å². The standard InChI is InChI=1S/C30H25F3N2O5/c1-17-24(14-19-5-4-6-22(13-19)39-18(2)29(36)37)25-16-23(40-30(31,32)33)9-11-27(25)35(17)28-12-7-20-15-21(38-3)8-10-26(20)34-28/h4-13,15-16,18H,14H2,1-3H3,(H,36,37)/t18-/m0/s1. The van der Waals surface area contributed by atoms with E-state index in [1.807, 2.05) is 47.9 Å². The fourth-order valence-electron chi connectivity index (χ4n) is 4.71. The van der Waals surface area contributed by atoms with E-state index < -0.39 is 18.4 Å². The second-order valence-corrected chi connectivity index (χ2v) is 9.28. The Morgan fingerprint density at radius 3 is 2.50 bits per heavy atom. The molecule has 0 unspecified atom stereocenters. The number of carboxylic acids is 1. The summed E-state index contributed by atoms with van der Waals surface area (Å²) in [5, 5.41) is 10.6. The number of fused-ring (bicyclic) bond motifs is 2. The van der Waals surface area contributed by atoms with Gasteiger partial charge in [-0.25, -0.2) is 9.78 Å². The zero-order chi connectivity index (χ0) is 28.6. The smallest absolute Gasteiger partial charge is 0.497 e. The number of carbonyl (C=O) groups is 1. The van der Waals surface area contributed by atoms with E-state index in [9.17, 15) is 23.1 Å². The molecule has 5 aromatic rings. The number of aromatic nitrogens is 2. The average Bonchev–Trinajstić information content (AvgIpc) is 3.17. The second kappa shape index (κ2) is 10.4. The third-order valence-electron chi connectivity index (χ3n) is 6.59. The Hall–Kier alpha value is -4.73. The second-order valence-electron chi connectivity index (χ2n) is 9.28. The molecule has 0 saturated carbocycles. The van der Waals surface area contributed by atoms with E-state index in [0.29, 0.717) is 34.6 Å². The van der Waals surface area contributed by atoms with Crippen LogP contribution < -0.4 is 14.2 Å². The Morgan fingerprint density at radius 2 is 1.77 bits per heavy atom. The number of hydrogen-bond acceptors (Lipinski definition) is 5. The van der Waals surface area contributed by atoms with Gasteiger partial charge in [-0.1, -0.05) is 12.1 Å². The van der Waals surface area contributed by atoms with Crippen molar-refractivity contribution in [1.29, 1.82) is 0 Å². The fraction of sp³-hybridized carbons (Fsp3) is 0.200. The first-order valence-corrected chi connectivity index (χ1v) is 12.4. The molecule has 0 aliphatic heterocycles. The minimum atomic E-state index is -4.83. The van der Waals surface area contributed by atoms with Crippen LogP contribution in [0.1, 0.15) is 23.7 Å². The summed E-state index contributed by atoms with van der Waals surface area (Å²) in [7, 11) is 1.59. The minimum absolute atomic E-state index is 0.329. The van der Waals surface area contributed by atoms with Gasteiger partial charge in [0.2, 0.25) is 0 Å². The maximum Gasteiger partial charge on any atom is 0.573 e. The van der Waals surface area contributed by atoms with Gasteiger partial charge in [-0.05, 0) is 92.1 Å². The maximum absolute atomic E-state index is 13.0. The van der Waals surface area contributed by atoms with Crippen molar-refractivity contribution in [3.8, 4) is 23.1 Å². The lowest BCUT2D eigenvalue weighted by Crippen LogP contribution is -2.22. The summed E-state index contributed by atoms with van der Waals surface area (Å²) in [5.41, 5.74) is 3.73. The zero-order valence-electron chi connectivity index (χ0n) is 21.8. The van der Waals surface area contributed by atoms with Crippen LogP contribution in [0.25, 0.3) is 27.6 Å². The van der Waals surface area contributed by atoms with Crippen LogP contribution in [0, 0.1) is 6.92 Å². The number of carboxylic acid groups (broad SMARTS) is 1. The quantitative estimate of drug-likeness (QED) is 0.228. The molecule has 0 aliphatic carbocycles. The number of pyridine rings is 1. The number of methoxy groups -OCH3 is 1.